The van der Waals surface area contributed by atoms with Crippen LogP contribution >= 0.6 is 12.4 Å². The Morgan fingerprint density at radius 1 is 1.29 bits per heavy atom. The monoisotopic (exact) mass is 362 g/mol. The van der Waals surface area contributed by atoms with Gasteiger partial charge in [0, 0.05) is 25.6 Å². The highest BCUT2D eigenvalue weighted by Gasteiger charge is 2.28. The van der Waals surface area contributed by atoms with Crippen molar-refractivity contribution in [3.8, 4) is 0 Å². The molecule has 2 aliphatic heterocycles. The summed E-state index contributed by atoms with van der Waals surface area (Å²) in [7, 11) is 0. The maximum Gasteiger partial charge on any atom is 0.224 e. The Hall–Kier alpha value is -1.28. The predicted molar refractivity (Wildman–Crippen MR) is 86.1 cm³/mol. The van der Waals surface area contributed by atoms with Crippen LogP contribution in [0.25, 0.3) is 0 Å². The molecule has 1 amide bonds. The number of carbonyl (C=O) groups is 1. The number of morpholine rings is 2. The Kier molecular flexibility index (Phi) is 6.91. The van der Waals surface area contributed by atoms with Crippen molar-refractivity contribution >= 4 is 18.3 Å². The molecule has 0 radical (unpaired) electrons. The maximum atomic E-state index is 13.4. The fraction of sp³-hybridized carbons (Fsp3) is 0.562. The Bertz CT molecular complexity index is 570. The van der Waals surface area contributed by atoms with Crippen molar-refractivity contribution in [2.45, 2.75) is 18.6 Å². The van der Waals surface area contributed by atoms with E-state index < -0.39 is 17.7 Å². The predicted octanol–water partition coefficient (Wildman–Crippen LogP) is 1.66. The van der Waals surface area contributed by atoms with E-state index in [4.69, 9.17) is 9.47 Å². The zero-order valence-corrected chi connectivity index (χ0v) is 14.0. The van der Waals surface area contributed by atoms with Crippen molar-refractivity contribution in [3.05, 3.63) is 35.4 Å². The summed E-state index contributed by atoms with van der Waals surface area (Å²) in [4.78, 5) is 14.1. The van der Waals surface area contributed by atoms with Crippen LogP contribution in [0.15, 0.2) is 18.2 Å². The minimum absolute atomic E-state index is 0. The highest BCUT2D eigenvalue weighted by atomic mass is 35.5. The van der Waals surface area contributed by atoms with Gasteiger partial charge in [0.15, 0.2) is 11.6 Å². The number of nitrogens with one attached hydrogen (secondary N) is 1. The van der Waals surface area contributed by atoms with Gasteiger partial charge in [0.2, 0.25) is 5.91 Å². The second kappa shape index (κ2) is 8.71. The molecule has 2 unspecified atom stereocenters. The minimum atomic E-state index is -0.905. The molecule has 3 rings (SSSR count). The summed E-state index contributed by atoms with van der Waals surface area (Å²) in [6.07, 6.45) is -0.0665. The SMILES string of the molecule is Cl.O=C(CC1COCCN1)N1CCOC(c2ccc(F)c(F)c2)C1. The Morgan fingerprint density at radius 2 is 2.12 bits per heavy atom. The molecule has 2 fully saturated rings. The van der Waals surface area contributed by atoms with E-state index in [1.807, 2.05) is 0 Å². The van der Waals surface area contributed by atoms with Gasteiger partial charge in [0.1, 0.15) is 6.10 Å². The Morgan fingerprint density at radius 3 is 2.83 bits per heavy atom. The van der Waals surface area contributed by atoms with Crippen molar-refractivity contribution in [2.75, 3.05) is 39.5 Å². The lowest BCUT2D eigenvalue weighted by Crippen LogP contribution is -2.48. The van der Waals surface area contributed by atoms with Crippen molar-refractivity contribution in [1.29, 1.82) is 0 Å². The number of amides is 1. The molecule has 2 saturated heterocycles. The van der Waals surface area contributed by atoms with Gasteiger partial charge in [0.05, 0.1) is 26.4 Å². The van der Waals surface area contributed by atoms with Gasteiger partial charge >= 0.3 is 0 Å². The largest absolute Gasteiger partial charge is 0.378 e. The summed E-state index contributed by atoms with van der Waals surface area (Å²) in [5, 5.41) is 3.25. The smallest absolute Gasteiger partial charge is 0.224 e. The lowest BCUT2D eigenvalue weighted by molar-refractivity contribution is -0.140. The molecular formula is C16H21ClF2N2O3. The average molecular weight is 363 g/mol. The molecule has 0 aliphatic carbocycles. The van der Waals surface area contributed by atoms with Gasteiger partial charge in [-0.2, -0.15) is 0 Å². The van der Waals surface area contributed by atoms with E-state index in [0.717, 1.165) is 18.7 Å². The number of nitrogens with zero attached hydrogens (tertiary/aromatic N) is 1. The van der Waals surface area contributed by atoms with Gasteiger partial charge in [0.25, 0.3) is 0 Å². The van der Waals surface area contributed by atoms with E-state index in [-0.39, 0.29) is 24.4 Å². The van der Waals surface area contributed by atoms with Crippen LogP contribution in [0.3, 0.4) is 0 Å². The molecular weight excluding hydrogens is 342 g/mol. The van der Waals surface area contributed by atoms with Crippen molar-refractivity contribution in [3.63, 3.8) is 0 Å². The molecule has 0 saturated carbocycles. The third-order valence-corrected chi connectivity index (χ3v) is 4.15. The van der Waals surface area contributed by atoms with Crippen LogP contribution in [0.5, 0.6) is 0 Å². The summed E-state index contributed by atoms with van der Waals surface area (Å²) in [5.41, 5.74) is 0.542. The third-order valence-electron chi connectivity index (χ3n) is 4.15. The number of hydrogen-bond donors (Lipinski definition) is 1. The van der Waals surface area contributed by atoms with Gasteiger partial charge in [-0.1, -0.05) is 6.07 Å². The summed E-state index contributed by atoms with van der Waals surface area (Å²) < 4.78 is 37.4. The molecule has 0 spiro atoms. The molecule has 134 valence electrons. The number of rotatable bonds is 3. The molecule has 1 aromatic rings. The fourth-order valence-electron chi connectivity index (χ4n) is 2.88. The second-order valence-electron chi connectivity index (χ2n) is 5.80. The first-order valence-electron chi connectivity index (χ1n) is 7.79. The van der Waals surface area contributed by atoms with Gasteiger partial charge in [-0.15, -0.1) is 12.4 Å². The highest BCUT2D eigenvalue weighted by Crippen LogP contribution is 2.24. The van der Waals surface area contributed by atoms with Gasteiger partial charge in [-0.3, -0.25) is 4.79 Å². The summed E-state index contributed by atoms with van der Waals surface area (Å²) in [6, 6.07) is 3.73. The lowest BCUT2D eigenvalue weighted by atomic mass is 10.1. The first kappa shape index (κ1) is 19.1. The number of ether oxygens (including phenoxy) is 2. The molecule has 5 nitrogen and oxygen atoms in total. The summed E-state index contributed by atoms with van der Waals surface area (Å²) in [6.45, 7) is 3.18. The molecule has 2 aliphatic rings. The number of benzene rings is 1. The van der Waals surface area contributed by atoms with Crippen molar-refractivity contribution in [1.82, 2.24) is 10.2 Å². The zero-order chi connectivity index (χ0) is 16.2. The molecule has 2 atom stereocenters. The Labute approximate surface area is 145 Å². The van der Waals surface area contributed by atoms with Crippen LogP contribution in [0.2, 0.25) is 0 Å². The molecule has 2 heterocycles. The highest BCUT2D eigenvalue weighted by molar-refractivity contribution is 5.85. The normalized spacial score (nSPS) is 24.3. The van der Waals surface area contributed by atoms with Crippen molar-refractivity contribution in [2.24, 2.45) is 0 Å². The number of halogens is 3. The van der Waals surface area contributed by atoms with Gasteiger partial charge in [-0.25, -0.2) is 8.78 Å². The van der Waals surface area contributed by atoms with Crippen LogP contribution in [-0.2, 0) is 14.3 Å². The van der Waals surface area contributed by atoms with Gasteiger partial charge in [-0.05, 0) is 17.7 Å². The van der Waals surface area contributed by atoms with Crippen molar-refractivity contribution < 1.29 is 23.0 Å². The third kappa shape index (κ3) is 4.63. The fourth-order valence-corrected chi connectivity index (χ4v) is 2.88. The quantitative estimate of drug-likeness (QED) is 0.888. The van der Waals surface area contributed by atoms with Crippen LogP contribution in [-0.4, -0.2) is 56.3 Å². The molecule has 1 N–H and O–H groups in total. The van der Waals surface area contributed by atoms with Crippen LogP contribution < -0.4 is 5.32 Å². The van der Waals surface area contributed by atoms with Gasteiger partial charge < -0.3 is 19.7 Å². The van der Waals surface area contributed by atoms with E-state index in [2.05, 4.69) is 5.32 Å². The van der Waals surface area contributed by atoms with E-state index in [1.165, 1.54) is 6.07 Å². The van der Waals surface area contributed by atoms with E-state index in [1.54, 1.807) is 4.90 Å². The topological polar surface area (TPSA) is 50.8 Å². The summed E-state index contributed by atoms with van der Waals surface area (Å²) in [5.74, 6) is -1.78. The standard InChI is InChI=1S/C16H20F2N2O3.ClH/c17-13-2-1-11(7-14(13)18)15-9-20(4-6-23-15)16(21)8-12-10-22-5-3-19-12;/h1-2,7,12,15,19H,3-6,8-10H2;1H. The molecule has 1 aromatic carbocycles. The maximum absolute atomic E-state index is 13.4. The first-order chi connectivity index (χ1) is 11.1. The lowest BCUT2D eigenvalue weighted by Gasteiger charge is -2.34. The Balaban J connectivity index is 0.00000208. The minimum Gasteiger partial charge on any atom is -0.378 e. The van der Waals surface area contributed by atoms with E-state index in [9.17, 15) is 13.6 Å². The molecule has 24 heavy (non-hydrogen) atoms. The first-order valence-corrected chi connectivity index (χ1v) is 7.79. The van der Waals surface area contributed by atoms with Crippen LogP contribution in [0.4, 0.5) is 8.78 Å². The van der Waals surface area contributed by atoms with E-state index in [0.29, 0.717) is 44.9 Å². The van der Waals surface area contributed by atoms with Crippen LogP contribution in [0, 0.1) is 11.6 Å². The average Bonchev–Trinajstić information content (AvgIpc) is 2.58. The second-order valence-corrected chi connectivity index (χ2v) is 5.80. The van der Waals surface area contributed by atoms with Crippen LogP contribution in [0.1, 0.15) is 18.1 Å². The zero-order valence-electron chi connectivity index (χ0n) is 13.2. The molecule has 0 aromatic heterocycles. The summed E-state index contributed by atoms with van der Waals surface area (Å²) >= 11 is 0. The molecule has 0 bridgehead atoms. The van der Waals surface area contributed by atoms with E-state index >= 15 is 0 Å². The number of hydrogen-bond acceptors (Lipinski definition) is 4. The molecule has 8 heteroatoms. The number of carbonyl (C=O) groups excluding carboxylic acids is 1.